The van der Waals surface area contributed by atoms with Gasteiger partial charge in [0.2, 0.25) is 0 Å². The van der Waals surface area contributed by atoms with Gasteiger partial charge in [-0.1, -0.05) is 61.5 Å². The van der Waals surface area contributed by atoms with Gasteiger partial charge in [-0.2, -0.15) is 0 Å². The first-order chi connectivity index (χ1) is 10.2. The topological polar surface area (TPSA) is 18.5 Å². The Balaban J connectivity index is -0.000000353. The molecule has 0 saturated carbocycles. The summed E-state index contributed by atoms with van der Waals surface area (Å²) in [5, 5.41) is 0. The van der Waals surface area contributed by atoms with E-state index in [1.807, 2.05) is 55.4 Å². The van der Waals surface area contributed by atoms with E-state index in [0.717, 1.165) is 17.1 Å². The van der Waals surface area contributed by atoms with Gasteiger partial charge in [-0.3, -0.25) is 0 Å². The van der Waals surface area contributed by atoms with E-state index in [1.54, 1.807) is 0 Å². The van der Waals surface area contributed by atoms with E-state index < -0.39 is 0 Å². The van der Waals surface area contributed by atoms with Crippen LogP contribution in [0.15, 0.2) is 6.07 Å². The van der Waals surface area contributed by atoms with Gasteiger partial charge in [0.25, 0.3) is 0 Å². The van der Waals surface area contributed by atoms with Gasteiger partial charge in [0, 0.05) is 0 Å². The van der Waals surface area contributed by atoms with Crippen LogP contribution in [0, 0.1) is 20.8 Å². The summed E-state index contributed by atoms with van der Waals surface area (Å²) in [6, 6.07) is 2.14. The molecule has 0 amide bonds. The van der Waals surface area contributed by atoms with Crippen molar-refractivity contribution in [3.05, 3.63) is 22.8 Å². The number of hydrogen-bond acceptors (Lipinski definition) is 2. The molecule has 0 atom stereocenters. The van der Waals surface area contributed by atoms with Crippen molar-refractivity contribution in [2.75, 3.05) is 13.2 Å². The predicted octanol–water partition coefficient (Wildman–Crippen LogP) is 6.49. The van der Waals surface area contributed by atoms with Gasteiger partial charge in [-0.05, 0) is 37.5 Å². The lowest BCUT2D eigenvalue weighted by Gasteiger charge is -2.22. The van der Waals surface area contributed by atoms with Crippen molar-refractivity contribution in [1.82, 2.24) is 0 Å². The molecule has 0 fully saturated rings. The third kappa shape index (κ3) is 7.99. The Kier molecular flexibility index (Phi) is 19.9. The van der Waals surface area contributed by atoms with E-state index in [9.17, 15) is 0 Å². The Bertz CT molecular complexity index is 344. The molecule has 0 aliphatic carbocycles. The molecule has 126 valence electrons. The average Bonchev–Trinajstić information content (AvgIpc) is 2.60. The molecule has 21 heavy (non-hydrogen) atoms. The van der Waals surface area contributed by atoms with Gasteiger partial charge in [0.15, 0.2) is 11.5 Å². The molecule has 1 aromatic rings. The molecule has 0 spiro atoms. The zero-order valence-electron chi connectivity index (χ0n) is 16.3. The number of fused-ring (bicyclic) bond motifs is 1. The lowest BCUT2D eigenvalue weighted by molar-refractivity contribution is 0.169. The van der Waals surface area contributed by atoms with Gasteiger partial charge in [-0.15, -0.1) is 0 Å². The van der Waals surface area contributed by atoms with Crippen molar-refractivity contribution in [1.29, 1.82) is 0 Å². The van der Waals surface area contributed by atoms with Crippen LogP contribution in [-0.4, -0.2) is 13.2 Å². The molecule has 0 bridgehead atoms. The summed E-state index contributed by atoms with van der Waals surface area (Å²) in [4.78, 5) is 0. The van der Waals surface area contributed by atoms with Crippen LogP contribution >= 0.6 is 0 Å². The van der Waals surface area contributed by atoms with Crippen molar-refractivity contribution in [3.63, 3.8) is 0 Å². The van der Waals surface area contributed by atoms with Gasteiger partial charge in [-0.25, -0.2) is 0 Å². The molecule has 1 aliphatic rings. The van der Waals surface area contributed by atoms with Crippen LogP contribution in [0.1, 0.15) is 72.1 Å². The zero-order valence-corrected chi connectivity index (χ0v) is 16.3. The lowest BCUT2D eigenvalue weighted by atomic mass is 10.0. The van der Waals surface area contributed by atoms with Crippen LogP contribution in [0.3, 0.4) is 0 Å². The molecule has 0 aromatic heterocycles. The summed E-state index contributed by atoms with van der Waals surface area (Å²) < 4.78 is 11.2. The Hall–Kier alpha value is -1.18. The fraction of sp³-hybridized carbons (Fsp3) is 0.684. The first kappa shape index (κ1) is 24.8. The summed E-state index contributed by atoms with van der Waals surface area (Å²) >= 11 is 0. The first-order valence-electron chi connectivity index (χ1n) is 8.56. The highest BCUT2D eigenvalue weighted by Crippen LogP contribution is 2.38. The molecule has 1 aliphatic heterocycles. The minimum atomic E-state index is 0.663. The second-order valence-corrected chi connectivity index (χ2v) is 3.49. The highest BCUT2D eigenvalue weighted by atomic mass is 16.6. The maximum absolute atomic E-state index is 5.59. The van der Waals surface area contributed by atoms with E-state index in [-0.39, 0.29) is 0 Å². The Morgan fingerprint density at radius 3 is 1.43 bits per heavy atom. The van der Waals surface area contributed by atoms with Crippen molar-refractivity contribution in [3.8, 4) is 11.5 Å². The fourth-order valence-electron chi connectivity index (χ4n) is 1.67. The summed E-state index contributed by atoms with van der Waals surface area (Å²) in [5.41, 5.74) is 3.62. The summed E-state index contributed by atoms with van der Waals surface area (Å²) in [5.74, 6) is 1.86. The summed E-state index contributed by atoms with van der Waals surface area (Å²) in [7, 11) is 0. The van der Waals surface area contributed by atoms with Crippen LogP contribution in [0.2, 0.25) is 0 Å². The number of benzene rings is 1. The quantitative estimate of drug-likeness (QED) is 0.545. The number of aryl methyl sites for hydroxylation is 2. The van der Waals surface area contributed by atoms with Crippen LogP contribution in [0.5, 0.6) is 11.5 Å². The fourth-order valence-corrected chi connectivity index (χ4v) is 1.67. The molecule has 1 heterocycles. The van der Waals surface area contributed by atoms with Crippen LogP contribution in [0.4, 0.5) is 0 Å². The van der Waals surface area contributed by atoms with Gasteiger partial charge in [0.1, 0.15) is 13.2 Å². The van der Waals surface area contributed by atoms with E-state index in [2.05, 4.69) is 26.8 Å². The molecule has 1 aromatic carbocycles. The molecule has 0 N–H and O–H groups in total. The number of rotatable bonds is 0. The molecular weight excluding hydrogens is 260 g/mol. The number of hydrogen-bond donors (Lipinski definition) is 0. The Morgan fingerprint density at radius 1 is 0.619 bits per heavy atom. The van der Waals surface area contributed by atoms with Gasteiger partial charge >= 0.3 is 0 Å². The maximum Gasteiger partial charge on any atom is 0.164 e. The highest BCUT2D eigenvalue weighted by molar-refractivity contribution is 5.54. The first-order valence-corrected chi connectivity index (χ1v) is 8.56. The SMILES string of the molecule is CC.CC.CC.CC.Cc1cc(C)c2c(c1C)OCCO2. The standard InChI is InChI=1S/C11H14O2.4C2H6/c1-7-6-8(2)10-11(9(7)3)13-5-4-12-10;4*1-2/h6H,4-5H2,1-3H3;4*1-2H3. The third-order valence-electron chi connectivity index (χ3n) is 2.51. The van der Waals surface area contributed by atoms with Gasteiger partial charge < -0.3 is 9.47 Å². The van der Waals surface area contributed by atoms with E-state index in [0.29, 0.717) is 13.2 Å². The summed E-state index contributed by atoms with van der Waals surface area (Å²) in [6.45, 7) is 23.6. The molecule has 2 nitrogen and oxygen atoms in total. The van der Waals surface area contributed by atoms with Gasteiger partial charge in [0.05, 0.1) is 0 Å². The van der Waals surface area contributed by atoms with E-state index >= 15 is 0 Å². The Morgan fingerprint density at radius 2 is 1.00 bits per heavy atom. The van der Waals surface area contributed by atoms with Crippen LogP contribution < -0.4 is 9.47 Å². The Labute approximate surface area is 133 Å². The normalized spacial score (nSPS) is 10.0. The molecule has 0 radical (unpaired) electrons. The van der Waals surface area contributed by atoms with Crippen molar-refractivity contribution in [2.24, 2.45) is 0 Å². The lowest BCUT2D eigenvalue weighted by Crippen LogP contribution is -2.17. The van der Waals surface area contributed by atoms with Crippen molar-refractivity contribution >= 4 is 0 Å². The van der Waals surface area contributed by atoms with Crippen LogP contribution in [0.25, 0.3) is 0 Å². The average molecular weight is 299 g/mol. The molecule has 0 unspecified atom stereocenters. The molecule has 2 heteroatoms. The maximum atomic E-state index is 5.59. The van der Waals surface area contributed by atoms with E-state index in [4.69, 9.17) is 9.47 Å². The largest absolute Gasteiger partial charge is 0.486 e. The monoisotopic (exact) mass is 298 g/mol. The third-order valence-corrected chi connectivity index (χ3v) is 2.51. The molecular formula is C19H38O2. The minimum Gasteiger partial charge on any atom is -0.486 e. The van der Waals surface area contributed by atoms with E-state index in [1.165, 1.54) is 11.1 Å². The second kappa shape index (κ2) is 16.9. The van der Waals surface area contributed by atoms with Crippen molar-refractivity contribution in [2.45, 2.75) is 76.2 Å². The van der Waals surface area contributed by atoms with Crippen LogP contribution in [-0.2, 0) is 0 Å². The van der Waals surface area contributed by atoms with Crippen molar-refractivity contribution < 1.29 is 9.47 Å². The smallest absolute Gasteiger partial charge is 0.164 e. The summed E-state index contributed by atoms with van der Waals surface area (Å²) in [6.07, 6.45) is 0. The minimum absolute atomic E-state index is 0.663. The molecule has 0 saturated heterocycles. The predicted molar refractivity (Wildman–Crippen MR) is 97.0 cm³/mol. The molecule has 2 rings (SSSR count). The number of ether oxygens (including phenoxy) is 2. The second-order valence-electron chi connectivity index (χ2n) is 3.49. The zero-order chi connectivity index (χ0) is 17.4. The highest BCUT2D eigenvalue weighted by Gasteiger charge is 2.17.